The molecule has 10 heteroatoms. The molecule has 0 saturated carbocycles. The van der Waals surface area contributed by atoms with E-state index in [4.69, 9.17) is 4.74 Å². The fourth-order valence-electron chi connectivity index (χ4n) is 3.25. The summed E-state index contributed by atoms with van der Waals surface area (Å²) >= 11 is 0. The molecule has 1 saturated heterocycles. The first kappa shape index (κ1) is 26.9. The standard InChI is InChI=1S/C21H29N3O6.Na/c1-13(2)10-16(24-21(29)30-12-14-6-4-3-5-7-14)19(26)23-17(20(27)28)11-15-8-9-22-18(15)25;/h3-7,13,15-17H,8-12H2,1-2H3,(H,22,25)(H,23,26)(H,24,29)(H,27,28);/q;+1/p-1/t15?,16-,17-;/m1./s1. The zero-order valence-corrected chi connectivity index (χ0v) is 20.2. The average Bonchev–Trinajstić information content (AvgIpc) is 3.10. The molecule has 164 valence electrons. The number of amides is 3. The van der Waals surface area contributed by atoms with Crippen LogP contribution in [0.2, 0.25) is 0 Å². The maximum absolute atomic E-state index is 12.7. The number of aliphatic carboxylic acids is 1. The number of alkyl carbamates (subject to hydrolysis) is 1. The number of nitrogens with one attached hydrogen (secondary N) is 3. The predicted molar refractivity (Wildman–Crippen MR) is 106 cm³/mol. The van der Waals surface area contributed by atoms with Crippen LogP contribution in [0, 0.1) is 11.8 Å². The molecule has 1 aliphatic rings. The van der Waals surface area contributed by atoms with Crippen LogP contribution in [0.25, 0.3) is 0 Å². The van der Waals surface area contributed by atoms with E-state index >= 15 is 0 Å². The number of hydrogen-bond acceptors (Lipinski definition) is 6. The quantitative estimate of drug-likeness (QED) is 0.333. The van der Waals surface area contributed by atoms with Crippen molar-refractivity contribution in [1.82, 2.24) is 16.0 Å². The second-order valence-corrected chi connectivity index (χ2v) is 7.78. The fourth-order valence-corrected chi connectivity index (χ4v) is 3.25. The van der Waals surface area contributed by atoms with Crippen LogP contribution in [-0.4, -0.2) is 42.5 Å². The van der Waals surface area contributed by atoms with Crippen molar-refractivity contribution in [2.45, 2.75) is 51.8 Å². The molecule has 3 atom stereocenters. The molecule has 0 aromatic heterocycles. The minimum absolute atomic E-state index is 0. The normalized spacial score (nSPS) is 17.1. The van der Waals surface area contributed by atoms with E-state index in [9.17, 15) is 24.3 Å². The summed E-state index contributed by atoms with van der Waals surface area (Å²) in [5.74, 6) is -2.82. The van der Waals surface area contributed by atoms with E-state index in [0.717, 1.165) is 5.56 Å². The van der Waals surface area contributed by atoms with Gasteiger partial charge in [-0.25, -0.2) is 4.79 Å². The molecular formula is C21H28N3NaO6. The Balaban J connectivity index is 0.00000480. The Kier molecular flexibility index (Phi) is 11.6. The molecule has 2 rings (SSSR count). The number of carbonyl (C=O) groups is 4. The summed E-state index contributed by atoms with van der Waals surface area (Å²) in [6.07, 6.45) is -0.0550. The monoisotopic (exact) mass is 441 g/mol. The summed E-state index contributed by atoms with van der Waals surface area (Å²) in [6, 6.07) is 6.77. The molecule has 0 bridgehead atoms. The van der Waals surface area contributed by atoms with Crippen LogP contribution >= 0.6 is 0 Å². The van der Waals surface area contributed by atoms with E-state index in [1.807, 2.05) is 32.0 Å². The van der Waals surface area contributed by atoms with E-state index < -0.39 is 36.0 Å². The van der Waals surface area contributed by atoms with Crippen LogP contribution in [0.4, 0.5) is 4.79 Å². The molecule has 1 fully saturated rings. The van der Waals surface area contributed by atoms with Gasteiger partial charge in [-0.1, -0.05) is 44.2 Å². The van der Waals surface area contributed by atoms with Gasteiger partial charge in [-0.3, -0.25) is 9.59 Å². The molecule has 1 aromatic carbocycles. The van der Waals surface area contributed by atoms with Gasteiger partial charge < -0.3 is 30.6 Å². The Morgan fingerprint density at radius 3 is 2.39 bits per heavy atom. The van der Waals surface area contributed by atoms with Crippen molar-refractivity contribution in [2.24, 2.45) is 11.8 Å². The largest absolute Gasteiger partial charge is 1.00 e. The van der Waals surface area contributed by atoms with Crippen molar-refractivity contribution in [1.29, 1.82) is 0 Å². The van der Waals surface area contributed by atoms with Gasteiger partial charge in [0.05, 0.1) is 12.0 Å². The smallest absolute Gasteiger partial charge is 0.548 e. The minimum Gasteiger partial charge on any atom is -0.548 e. The molecule has 0 radical (unpaired) electrons. The van der Waals surface area contributed by atoms with Crippen LogP contribution in [0.5, 0.6) is 0 Å². The van der Waals surface area contributed by atoms with E-state index in [2.05, 4.69) is 16.0 Å². The zero-order chi connectivity index (χ0) is 22.1. The average molecular weight is 441 g/mol. The van der Waals surface area contributed by atoms with E-state index in [1.165, 1.54) is 0 Å². The Labute approximate surface area is 204 Å². The number of carboxylic acid groups (broad SMARTS) is 1. The Morgan fingerprint density at radius 2 is 1.84 bits per heavy atom. The van der Waals surface area contributed by atoms with Crippen molar-refractivity contribution in [3.63, 3.8) is 0 Å². The topological polar surface area (TPSA) is 137 Å². The number of carboxylic acids is 1. The molecule has 9 nitrogen and oxygen atoms in total. The van der Waals surface area contributed by atoms with Crippen LogP contribution in [0.1, 0.15) is 38.7 Å². The summed E-state index contributed by atoms with van der Waals surface area (Å²) in [7, 11) is 0. The molecule has 1 aliphatic heterocycles. The summed E-state index contributed by atoms with van der Waals surface area (Å²) < 4.78 is 5.15. The van der Waals surface area contributed by atoms with Gasteiger partial charge in [-0.2, -0.15) is 0 Å². The SMILES string of the molecule is CC(C)C[C@@H](NC(=O)OCc1ccccc1)C(=O)N[C@H](CC1CCNC1=O)C(=O)[O-].[Na+]. The number of ether oxygens (including phenoxy) is 1. The Bertz CT molecular complexity index is 759. The van der Waals surface area contributed by atoms with Gasteiger partial charge in [0.15, 0.2) is 0 Å². The van der Waals surface area contributed by atoms with Crippen molar-refractivity contribution in [2.75, 3.05) is 6.54 Å². The second kappa shape index (κ2) is 13.3. The number of rotatable bonds is 10. The molecule has 0 aliphatic carbocycles. The maximum Gasteiger partial charge on any atom is 1.00 e. The Hall–Kier alpha value is -2.10. The van der Waals surface area contributed by atoms with Gasteiger partial charge in [0, 0.05) is 12.5 Å². The van der Waals surface area contributed by atoms with E-state index in [0.29, 0.717) is 13.0 Å². The van der Waals surface area contributed by atoms with Gasteiger partial charge in [0.2, 0.25) is 11.8 Å². The molecule has 1 unspecified atom stereocenters. The van der Waals surface area contributed by atoms with E-state index in [1.54, 1.807) is 12.1 Å². The first-order valence-corrected chi connectivity index (χ1v) is 10.0. The third-order valence-corrected chi connectivity index (χ3v) is 4.81. The number of carbonyl (C=O) groups excluding carboxylic acids is 4. The molecular weight excluding hydrogens is 413 g/mol. The van der Waals surface area contributed by atoms with Crippen molar-refractivity contribution in [3.8, 4) is 0 Å². The predicted octanol–water partition coefficient (Wildman–Crippen LogP) is -2.91. The molecule has 3 N–H and O–H groups in total. The van der Waals surface area contributed by atoms with Crippen LogP contribution < -0.4 is 50.6 Å². The summed E-state index contributed by atoms with van der Waals surface area (Å²) in [5.41, 5.74) is 0.796. The third kappa shape index (κ3) is 9.28. The summed E-state index contributed by atoms with van der Waals surface area (Å²) in [4.78, 5) is 48.1. The molecule has 1 aromatic rings. The molecule has 0 spiro atoms. The first-order valence-electron chi connectivity index (χ1n) is 10.0. The Morgan fingerprint density at radius 1 is 1.16 bits per heavy atom. The second-order valence-electron chi connectivity index (χ2n) is 7.78. The van der Waals surface area contributed by atoms with E-state index in [-0.39, 0.29) is 60.8 Å². The number of benzene rings is 1. The minimum atomic E-state index is -1.47. The van der Waals surface area contributed by atoms with Gasteiger partial charge in [0.1, 0.15) is 12.6 Å². The van der Waals surface area contributed by atoms with Gasteiger partial charge >= 0.3 is 35.7 Å². The summed E-state index contributed by atoms with van der Waals surface area (Å²) in [6.45, 7) is 4.26. The van der Waals surface area contributed by atoms with Crippen LogP contribution in [-0.2, 0) is 25.7 Å². The van der Waals surface area contributed by atoms with Crippen molar-refractivity contribution < 1.29 is 58.6 Å². The summed E-state index contributed by atoms with van der Waals surface area (Å²) in [5, 5.41) is 19.0. The van der Waals surface area contributed by atoms with Crippen LogP contribution in [0.15, 0.2) is 30.3 Å². The van der Waals surface area contributed by atoms with Crippen LogP contribution in [0.3, 0.4) is 0 Å². The van der Waals surface area contributed by atoms with Crippen molar-refractivity contribution in [3.05, 3.63) is 35.9 Å². The van der Waals surface area contributed by atoms with Crippen molar-refractivity contribution >= 4 is 23.9 Å². The molecule has 3 amide bonds. The first-order chi connectivity index (χ1) is 14.3. The zero-order valence-electron chi connectivity index (χ0n) is 18.2. The fraction of sp³-hybridized carbons (Fsp3) is 0.524. The van der Waals surface area contributed by atoms with Gasteiger partial charge in [-0.05, 0) is 30.7 Å². The number of hydrogen-bond donors (Lipinski definition) is 3. The molecule has 1 heterocycles. The van der Waals surface area contributed by atoms with Gasteiger partial charge in [0.25, 0.3) is 0 Å². The molecule has 31 heavy (non-hydrogen) atoms. The van der Waals surface area contributed by atoms with Gasteiger partial charge in [-0.15, -0.1) is 0 Å². The maximum atomic E-state index is 12.7. The third-order valence-electron chi connectivity index (χ3n) is 4.81.